The van der Waals surface area contributed by atoms with Crippen molar-refractivity contribution < 1.29 is 0 Å². The molecule has 1 fully saturated rings. The predicted octanol–water partition coefficient (Wildman–Crippen LogP) is 4.89. The molecule has 0 radical (unpaired) electrons. The van der Waals surface area contributed by atoms with E-state index in [9.17, 15) is 0 Å². The van der Waals surface area contributed by atoms with Gasteiger partial charge in [0.1, 0.15) is 0 Å². The van der Waals surface area contributed by atoms with Gasteiger partial charge in [-0.2, -0.15) is 0 Å². The van der Waals surface area contributed by atoms with Crippen LogP contribution < -0.4 is 0 Å². The first-order chi connectivity index (χ1) is 6.58. The van der Waals surface area contributed by atoms with Gasteiger partial charge in [0.2, 0.25) is 0 Å². The maximum Gasteiger partial charge on any atom is -0.0440 e. The molecule has 0 bridgehead atoms. The Morgan fingerprint density at radius 2 is 0.714 bits per heavy atom. The predicted molar refractivity (Wildman–Crippen MR) is 64.4 cm³/mol. The summed E-state index contributed by atoms with van der Waals surface area (Å²) >= 11 is 0. The van der Waals surface area contributed by atoms with Gasteiger partial charge in [0, 0.05) is 0 Å². The average molecular weight is 196 g/mol. The average Bonchev–Trinajstić information content (AvgIpc) is 2.11. The first-order valence-corrected chi connectivity index (χ1v) is 6.58. The van der Waals surface area contributed by atoms with Gasteiger partial charge in [-0.15, -0.1) is 0 Å². The van der Waals surface area contributed by atoms with Crippen molar-refractivity contribution in [2.45, 2.75) is 66.2 Å². The van der Waals surface area contributed by atoms with E-state index in [1.807, 2.05) is 0 Å². The zero-order valence-electron chi connectivity index (χ0n) is 10.6. The Morgan fingerprint density at radius 1 is 0.500 bits per heavy atom. The van der Waals surface area contributed by atoms with E-state index in [4.69, 9.17) is 0 Å². The van der Waals surface area contributed by atoms with Crippen molar-refractivity contribution >= 4 is 0 Å². The summed E-state index contributed by atoms with van der Waals surface area (Å²) < 4.78 is 0. The number of rotatable bonds is 0. The molecule has 1 saturated carbocycles. The summed E-state index contributed by atoms with van der Waals surface area (Å²) in [6.45, 7) is 9.75. The minimum atomic E-state index is 0.959. The summed E-state index contributed by atoms with van der Waals surface area (Å²) in [6.07, 6.45) is 8.74. The first-order valence-electron chi connectivity index (χ1n) is 6.58. The topological polar surface area (TPSA) is 0 Å². The van der Waals surface area contributed by atoms with Crippen LogP contribution in [0.25, 0.3) is 0 Å². The lowest BCUT2D eigenvalue weighted by molar-refractivity contribution is 0.275. The fourth-order valence-corrected chi connectivity index (χ4v) is 2.98. The number of hydrogen-bond acceptors (Lipinski definition) is 0. The minimum Gasteiger partial charge on any atom is -0.0625 e. The quantitative estimate of drug-likeness (QED) is 0.518. The maximum atomic E-state index is 2.44. The minimum absolute atomic E-state index is 0.959. The molecule has 1 rings (SSSR count). The van der Waals surface area contributed by atoms with Gasteiger partial charge in [0.25, 0.3) is 0 Å². The van der Waals surface area contributed by atoms with Crippen LogP contribution in [0.5, 0.6) is 0 Å². The maximum absolute atomic E-state index is 2.44. The molecule has 4 unspecified atom stereocenters. The fraction of sp³-hybridized carbons (Fsp3) is 1.00. The van der Waals surface area contributed by atoms with E-state index in [1.54, 1.807) is 0 Å². The Bertz CT molecular complexity index is 116. The Morgan fingerprint density at radius 3 is 0.929 bits per heavy atom. The summed E-state index contributed by atoms with van der Waals surface area (Å²) in [4.78, 5) is 0. The van der Waals surface area contributed by atoms with Crippen molar-refractivity contribution in [1.29, 1.82) is 0 Å². The van der Waals surface area contributed by atoms with E-state index in [-0.39, 0.29) is 0 Å². The molecule has 0 heterocycles. The highest BCUT2D eigenvalue weighted by Gasteiger charge is 2.16. The van der Waals surface area contributed by atoms with Gasteiger partial charge in [-0.3, -0.25) is 0 Å². The van der Waals surface area contributed by atoms with Gasteiger partial charge in [0.15, 0.2) is 0 Å². The van der Waals surface area contributed by atoms with Crippen LogP contribution in [-0.2, 0) is 0 Å². The Labute approximate surface area is 90.5 Å². The lowest BCUT2D eigenvalue weighted by Crippen LogP contribution is -2.12. The van der Waals surface area contributed by atoms with Crippen molar-refractivity contribution in [2.24, 2.45) is 23.7 Å². The van der Waals surface area contributed by atoms with Crippen molar-refractivity contribution in [2.75, 3.05) is 0 Å². The standard InChI is InChI=1S/C14H28/c1-11-5-6-13(3)10-14(4)8-7-12(2)9-11/h11-14H,5-10H2,1-4H3. The van der Waals surface area contributed by atoms with E-state index in [0.29, 0.717) is 0 Å². The monoisotopic (exact) mass is 196 g/mol. The highest BCUT2D eigenvalue weighted by molar-refractivity contribution is 4.68. The summed E-state index contributed by atoms with van der Waals surface area (Å²) in [5, 5.41) is 0. The largest absolute Gasteiger partial charge is 0.0625 e. The molecule has 0 aliphatic heterocycles. The molecule has 0 saturated heterocycles. The Kier molecular flexibility index (Phi) is 4.98. The normalized spacial score (nSPS) is 42.0. The van der Waals surface area contributed by atoms with E-state index < -0.39 is 0 Å². The summed E-state index contributed by atoms with van der Waals surface area (Å²) in [6, 6.07) is 0. The van der Waals surface area contributed by atoms with Crippen LogP contribution in [0.3, 0.4) is 0 Å². The number of hydrogen-bond donors (Lipinski definition) is 0. The first kappa shape index (κ1) is 12.1. The molecule has 14 heavy (non-hydrogen) atoms. The molecule has 84 valence electrons. The van der Waals surface area contributed by atoms with Crippen LogP contribution in [0.4, 0.5) is 0 Å². The third-order valence-corrected chi connectivity index (χ3v) is 3.91. The highest BCUT2D eigenvalue weighted by atomic mass is 14.2. The van der Waals surface area contributed by atoms with Gasteiger partial charge in [-0.05, 0) is 36.5 Å². The van der Waals surface area contributed by atoms with Crippen LogP contribution in [-0.4, -0.2) is 0 Å². The second kappa shape index (κ2) is 5.78. The second-order valence-corrected chi connectivity index (χ2v) is 6.05. The molecular formula is C14H28. The molecular weight excluding hydrogens is 168 g/mol. The molecule has 0 aromatic rings. The van der Waals surface area contributed by atoms with Gasteiger partial charge in [-0.1, -0.05) is 53.4 Å². The molecule has 4 atom stereocenters. The van der Waals surface area contributed by atoms with Crippen LogP contribution in [0.2, 0.25) is 0 Å². The highest BCUT2D eigenvalue weighted by Crippen LogP contribution is 2.29. The van der Waals surface area contributed by atoms with Crippen molar-refractivity contribution in [3.05, 3.63) is 0 Å². The van der Waals surface area contributed by atoms with Crippen molar-refractivity contribution in [3.8, 4) is 0 Å². The van der Waals surface area contributed by atoms with Crippen LogP contribution in [0, 0.1) is 23.7 Å². The Hall–Kier alpha value is 0. The van der Waals surface area contributed by atoms with E-state index >= 15 is 0 Å². The molecule has 0 heteroatoms. The van der Waals surface area contributed by atoms with Crippen molar-refractivity contribution in [1.82, 2.24) is 0 Å². The summed E-state index contributed by atoms with van der Waals surface area (Å²) in [7, 11) is 0. The lowest BCUT2D eigenvalue weighted by Gasteiger charge is -2.25. The third-order valence-electron chi connectivity index (χ3n) is 3.91. The molecule has 0 N–H and O–H groups in total. The van der Waals surface area contributed by atoms with E-state index in [0.717, 1.165) is 23.7 Å². The van der Waals surface area contributed by atoms with E-state index in [2.05, 4.69) is 27.7 Å². The molecule has 0 spiro atoms. The third kappa shape index (κ3) is 4.48. The van der Waals surface area contributed by atoms with E-state index in [1.165, 1.54) is 38.5 Å². The lowest BCUT2D eigenvalue weighted by atomic mass is 9.81. The smallest absolute Gasteiger partial charge is 0.0440 e. The SMILES string of the molecule is CC1CCC(C)CC(C)CCC(C)C1. The fourth-order valence-electron chi connectivity index (χ4n) is 2.98. The molecule has 0 amide bonds. The van der Waals surface area contributed by atoms with Crippen LogP contribution in [0.1, 0.15) is 66.2 Å². The second-order valence-electron chi connectivity index (χ2n) is 6.05. The molecule has 0 aromatic carbocycles. The molecule has 0 nitrogen and oxygen atoms in total. The van der Waals surface area contributed by atoms with Crippen LogP contribution in [0.15, 0.2) is 0 Å². The zero-order chi connectivity index (χ0) is 10.6. The van der Waals surface area contributed by atoms with Crippen molar-refractivity contribution in [3.63, 3.8) is 0 Å². The molecule has 0 aromatic heterocycles. The Balaban J connectivity index is 2.42. The molecule has 1 aliphatic rings. The van der Waals surface area contributed by atoms with Gasteiger partial charge in [0.05, 0.1) is 0 Å². The summed E-state index contributed by atoms with van der Waals surface area (Å²) in [5.41, 5.74) is 0. The van der Waals surface area contributed by atoms with Gasteiger partial charge >= 0.3 is 0 Å². The van der Waals surface area contributed by atoms with Crippen LogP contribution >= 0.6 is 0 Å². The van der Waals surface area contributed by atoms with Gasteiger partial charge < -0.3 is 0 Å². The van der Waals surface area contributed by atoms with Gasteiger partial charge in [-0.25, -0.2) is 0 Å². The zero-order valence-corrected chi connectivity index (χ0v) is 10.6. The summed E-state index contributed by atoms with van der Waals surface area (Å²) in [5.74, 6) is 3.84. The molecule has 1 aliphatic carbocycles.